The molecule has 0 aliphatic heterocycles. The summed E-state index contributed by atoms with van der Waals surface area (Å²) in [5.41, 5.74) is 0.923. The second-order valence-electron chi connectivity index (χ2n) is 5.27. The summed E-state index contributed by atoms with van der Waals surface area (Å²) in [7, 11) is 1.43. The minimum Gasteiger partial charge on any atom is -0.468 e. The smallest absolute Gasteiger partial charge is 0.327 e. The average molecular weight is 303 g/mol. The first kappa shape index (κ1) is 15.7. The van der Waals surface area contributed by atoms with Gasteiger partial charge in [0.15, 0.2) is 0 Å². The Bertz CT molecular complexity index is 551. The summed E-state index contributed by atoms with van der Waals surface area (Å²) in [4.78, 5) is 13.4. The van der Waals surface area contributed by atoms with Crippen molar-refractivity contribution in [2.75, 3.05) is 7.11 Å². The van der Waals surface area contributed by atoms with Crippen molar-refractivity contribution in [2.24, 2.45) is 5.92 Å². The van der Waals surface area contributed by atoms with Gasteiger partial charge in [0.25, 0.3) is 0 Å². The fourth-order valence-electron chi connectivity index (χ4n) is 2.31. The molecule has 0 fully saturated rings. The van der Waals surface area contributed by atoms with Gasteiger partial charge in [-0.25, -0.2) is 4.79 Å². The number of hydrogen-bond donors (Lipinski definition) is 1. The predicted octanol–water partition coefficient (Wildman–Crippen LogP) is 3.95. The van der Waals surface area contributed by atoms with Crippen LogP contribution in [-0.2, 0) is 9.53 Å². The minimum absolute atomic E-state index is 0.120. The first-order valence-electron chi connectivity index (χ1n) is 7.05. The Kier molecular flexibility index (Phi) is 5.53. The average Bonchev–Trinajstić information content (AvgIpc) is 3.02. The van der Waals surface area contributed by atoms with E-state index in [0.717, 1.165) is 5.56 Å². The lowest BCUT2D eigenvalue weighted by Gasteiger charge is -2.26. The second kappa shape index (κ2) is 7.38. The Labute approximate surface area is 130 Å². The first-order valence-corrected chi connectivity index (χ1v) is 7.93. The summed E-state index contributed by atoms with van der Waals surface area (Å²) >= 11 is 1.70. The van der Waals surface area contributed by atoms with Gasteiger partial charge in [-0.3, -0.25) is 5.32 Å². The van der Waals surface area contributed by atoms with Crippen LogP contribution in [0.2, 0.25) is 0 Å². The van der Waals surface area contributed by atoms with Crippen molar-refractivity contribution in [3.63, 3.8) is 0 Å². The Morgan fingerprint density at radius 1 is 1.14 bits per heavy atom. The van der Waals surface area contributed by atoms with E-state index < -0.39 is 6.04 Å². The third-order valence-electron chi connectivity index (χ3n) is 3.43. The SMILES string of the molecule is COC(=O)C(NC(c1cccs1)C(C)C)c1ccccc1. The summed E-state index contributed by atoms with van der Waals surface area (Å²) in [6, 6.07) is 13.5. The van der Waals surface area contributed by atoms with Gasteiger partial charge in [-0.2, -0.15) is 0 Å². The molecular weight excluding hydrogens is 282 g/mol. The number of carbonyl (C=O) groups is 1. The third-order valence-corrected chi connectivity index (χ3v) is 4.39. The number of rotatable bonds is 6. The summed E-state index contributed by atoms with van der Waals surface area (Å²) in [5, 5.41) is 5.52. The van der Waals surface area contributed by atoms with E-state index in [9.17, 15) is 4.79 Å². The topological polar surface area (TPSA) is 38.3 Å². The zero-order valence-corrected chi connectivity index (χ0v) is 13.4. The van der Waals surface area contributed by atoms with E-state index in [1.54, 1.807) is 11.3 Å². The fourth-order valence-corrected chi connectivity index (χ4v) is 3.27. The summed E-state index contributed by atoms with van der Waals surface area (Å²) in [6.07, 6.45) is 0. The maximum atomic E-state index is 12.2. The molecule has 0 spiro atoms. The lowest BCUT2D eigenvalue weighted by atomic mass is 9.99. The van der Waals surface area contributed by atoms with E-state index in [-0.39, 0.29) is 12.0 Å². The van der Waals surface area contributed by atoms with Crippen molar-refractivity contribution in [3.8, 4) is 0 Å². The third kappa shape index (κ3) is 3.93. The van der Waals surface area contributed by atoms with Crippen LogP contribution < -0.4 is 5.32 Å². The van der Waals surface area contributed by atoms with Gasteiger partial charge in [0.1, 0.15) is 6.04 Å². The van der Waals surface area contributed by atoms with Crippen molar-refractivity contribution in [2.45, 2.75) is 25.9 Å². The Morgan fingerprint density at radius 3 is 2.38 bits per heavy atom. The largest absolute Gasteiger partial charge is 0.468 e. The van der Waals surface area contributed by atoms with Gasteiger partial charge in [-0.15, -0.1) is 11.3 Å². The van der Waals surface area contributed by atoms with Crippen molar-refractivity contribution in [3.05, 3.63) is 58.3 Å². The van der Waals surface area contributed by atoms with E-state index >= 15 is 0 Å². The highest BCUT2D eigenvalue weighted by Crippen LogP contribution is 2.29. The number of esters is 1. The maximum absolute atomic E-state index is 12.2. The molecule has 0 amide bonds. The molecule has 2 rings (SSSR count). The van der Waals surface area contributed by atoms with E-state index in [0.29, 0.717) is 5.92 Å². The molecule has 2 aromatic rings. The molecule has 1 aromatic carbocycles. The van der Waals surface area contributed by atoms with Crippen LogP contribution in [0.1, 0.15) is 36.4 Å². The van der Waals surface area contributed by atoms with Crippen LogP contribution in [0.3, 0.4) is 0 Å². The summed E-state index contributed by atoms with van der Waals surface area (Å²) in [6.45, 7) is 4.30. The number of methoxy groups -OCH3 is 1. The van der Waals surface area contributed by atoms with Crippen molar-refractivity contribution in [1.82, 2.24) is 5.32 Å². The first-order chi connectivity index (χ1) is 10.1. The Hall–Kier alpha value is -1.65. The number of carbonyl (C=O) groups excluding carboxylic acids is 1. The lowest BCUT2D eigenvalue weighted by molar-refractivity contribution is -0.143. The number of benzene rings is 1. The van der Waals surface area contributed by atoms with Gasteiger partial charge in [-0.05, 0) is 22.9 Å². The molecule has 112 valence electrons. The molecule has 2 atom stereocenters. The van der Waals surface area contributed by atoms with Gasteiger partial charge in [0.2, 0.25) is 0 Å². The van der Waals surface area contributed by atoms with E-state index in [2.05, 4.69) is 30.6 Å². The van der Waals surface area contributed by atoms with E-state index in [1.807, 2.05) is 36.4 Å². The molecule has 2 unspecified atom stereocenters. The molecule has 1 aromatic heterocycles. The summed E-state index contributed by atoms with van der Waals surface area (Å²) < 4.78 is 4.97. The molecular formula is C17H21NO2S. The maximum Gasteiger partial charge on any atom is 0.327 e. The number of hydrogen-bond acceptors (Lipinski definition) is 4. The van der Waals surface area contributed by atoms with Gasteiger partial charge >= 0.3 is 5.97 Å². The van der Waals surface area contributed by atoms with Crippen LogP contribution in [0.25, 0.3) is 0 Å². The summed E-state index contributed by atoms with van der Waals surface area (Å²) in [5.74, 6) is 0.114. The molecule has 0 aliphatic rings. The number of nitrogens with one attached hydrogen (secondary N) is 1. The highest BCUT2D eigenvalue weighted by atomic mass is 32.1. The molecule has 0 saturated heterocycles. The molecule has 0 radical (unpaired) electrons. The van der Waals surface area contributed by atoms with E-state index in [4.69, 9.17) is 4.74 Å². The van der Waals surface area contributed by atoms with Crippen LogP contribution in [0, 0.1) is 5.92 Å². The normalized spacial score (nSPS) is 13.9. The van der Waals surface area contributed by atoms with Gasteiger partial charge < -0.3 is 4.74 Å². The highest BCUT2D eigenvalue weighted by Gasteiger charge is 2.27. The van der Waals surface area contributed by atoms with E-state index in [1.165, 1.54) is 12.0 Å². The molecule has 0 saturated carbocycles. The molecule has 4 heteroatoms. The Balaban J connectivity index is 2.27. The monoisotopic (exact) mass is 303 g/mol. The van der Waals surface area contributed by atoms with Crippen molar-refractivity contribution < 1.29 is 9.53 Å². The standard InChI is InChI=1S/C17H21NO2S/c1-12(2)15(14-10-7-11-21-14)18-16(17(19)20-3)13-8-5-4-6-9-13/h4-12,15-16,18H,1-3H3. The molecule has 3 nitrogen and oxygen atoms in total. The van der Waals surface area contributed by atoms with Crippen molar-refractivity contribution >= 4 is 17.3 Å². The molecule has 1 heterocycles. The lowest BCUT2D eigenvalue weighted by Crippen LogP contribution is -2.34. The van der Waals surface area contributed by atoms with Gasteiger partial charge in [-0.1, -0.05) is 50.2 Å². The zero-order valence-electron chi connectivity index (χ0n) is 12.6. The quantitative estimate of drug-likeness (QED) is 0.821. The molecule has 1 N–H and O–H groups in total. The van der Waals surface area contributed by atoms with Gasteiger partial charge in [0.05, 0.1) is 7.11 Å². The molecule has 0 bridgehead atoms. The fraction of sp³-hybridized carbons (Fsp3) is 0.353. The second-order valence-corrected chi connectivity index (χ2v) is 6.25. The zero-order chi connectivity index (χ0) is 15.2. The minimum atomic E-state index is -0.453. The predicted molar refractivity (Wildman–Crippen MR) is 86.2 cm³/mol. The van der Waals surface area contributed by atoms with Crippen LogP contribution in [0.5, 0.6) is 0 Å². The van der Waals surface area contributed by atoms with Crippen LogP contribution in [-0.4, -0.2) is 13.1 Å². The van der Waals surface area contributed by atoms with Crippen LogP contribution >= 0.6 is 11.3 Å². The van der Waals surface area contributed by atoms with Crippen LogP contribution in [0.15, 0.2) is 47.8 Å². The number of thiophene rings is 1. The van der Waals surface area contributed by atoms with Crippen molar-refractivity contribution in [1.29, 1.82) is 0 Å². The molecule has 21 heavy (non-hydrogen) atoms. The van der Waals surface area contributed by atoms with Gasteiger partial charge in [0, 0.05) is 10.9 Å². The molecule has 0 aliphatic carbocycles. The highest BCUT2D eigenvalue weighted by molar-refractivity contribution is 7.10. The van der Waals surface area contributed by atoms with Crippen LogP contribution in [0.4, 0.5) is 0 Å². The number of ether oxygens (including phenoxy) is 1. The Morgan fingerprint density at radius 2 is 1.86 bits per heavy atom.